The summed E-state index contributed by atoms with van der Waals surface area (Å²) < 4.78 is 5.39. The van der Waals surface area contributed by atoms with Crippen LogP contribution in [0.4, 0.5) is 0 Å². The van der Waals surface area contributed by atoms with Crippen LogP contribution in [0.3, 0.4) is 0 Å². The van der Waals surface area contributed by atoms with E-state index in [2.05, 4.69) is 15.6 Å². The van der Waals surface area contributed by atoms with Gasteiger partial charge in [-0.25, -0.2) is 4.98 Å². The molecule has 0 aliphatic carbocycles. The molecule has 8 nitrogen and oxygen atoms in total. The molecular formula is C23H23N3O5S2. The lowest BCUT2D eigenvalue weighted by molar-refractivity contribution is -0.130. The fourth-order valence-electron chi connectivity index (χ4n) is 3.46. The molecule has 3 N–H and O–H groups in total. The Kier molecular flexibility index (Phi) is 6.59. The lowest BCUT2D eigenvalue weighted by atomic mass is 9.92. The summed E-state index contributed by atoms with van der Waals surface area (Å²) in [5.41, 5.74) is -0.230. The third kappa shape index (κ3) is 4.97. The van der Waals surface area contributed by atoms with Gasteiger partial charge in [0.25, 0.3) is 5.91 Å². The number of hydrogen-bond acceptors (Lipinski definition) is 8. The molecule has 33 heavy (non-hydrogen) atoms. The molecule has 1 aliphatic heterocycles. The standard InChI is InChI=1S/C23H23N3O5S2/c1-13-23(2,19(28)11-31-13)26-21(30)16(10-14-5-7-15(27)8-6-14)24-20(29)17-12-33-22(25-17)18-4-3-9-32-18/h3-9,12-13,16,27H,10-11H2,1-2H3,(H,24,29)(H,26,30). The number of benzene rings is 1. The maximum absolute atomic E-state index is 13.2. The molecule has 1 saturated heterocycles. The Labute approximate surface area is 198 Å². The third-order valence-corrected chi connectivity index (χ3v) is 7.59. The van der Waals surface area contributed by atoms with E-state index in [0.29, 0.717) is 0 Å². The summed E-state index contributed by atoms with van der Waals surface area (Å²) in [6.07, 6.45) is -0.329. The van der Waals surface area contributed by atoms with Crippen molar-refractivity contribution in [2.75, 3.05) is 6.61 Å². The lowest BCUT2D eigenvalue weighted by Crippen LogP contribution is -2.60. The number of phenolic OH excluding ortho intramolecular Hbond substituents is 1. The van der Waals surface area contributed by atoms with Gasteiger partial charge in [-0.2, -0.15) is 0 Å². The molecule has 0 radical (unpaired) electrons. The number of carbonyl (C=O) groups excluding carboxylic acids is 3. The minimum absolute atomic E-state index is 0.0722. The quantitative estimate of drug-likeness (QED) is 0.474. The minimum atomic E-state index is -1.18. The number of rotatable bonds is 7. The molecule has 4 rings (SSSR count). The number of amides is 2. The number of thiophene rings is 1. The van der Waals surface area contributed by atoms with Gasteiger partial charge in [0, 0.05) is 11.8 Å². The molecule has 3 aromatic rings. The van der Waals surface area contributed by atoms with Crippen molar-refractivity contribution < 1.29 is 24.2 Å². The van der Waals surface area contributed by atoms with Crippen LogP contribution < -0.4 is 10.6 Å². The zero-order valence-electron chi connectivity index (χ0n) is 18.0. The van der Waals surface area contributed by atoms with E-state index in [1.807, 2.05) is 17.5 Å². The van der Waals surface area contributed by atoms with Crippen LogP contribution in [0, 0.1) is 0 Å². The van der Waals surface area contributed by atoms with Crippen molar-refractivity contribution in [1.82, 2.24) is 15.6 Å². The zero-order valence-corrected chi connectivity index (χ0v) is 19.7. The van der Waals surface area contributed by atoms with E-state index < -0.39 is 29.5 Å². The minimum Gasteiger partial charge on any atom is -0.508 e. The summed E-state index contributed by atoms with van der Waals surface area (Å²) in [5.74, 6) is -1.11. The smallest absolute Gasteiger partial charge is 0.271 e. The number of phenols is 1. The van der Waals surface area contributed by atoms with Crippen molar-refractivity contribution in [3.05, 3.63) is 58.4 Å². The summed E-state index contributed by atoms with van der Waals surface area (Å²) in [7, 11) is 0. The fourth-order valence-corrected chi connectivity index (χ4v) is 5.07. The van der Waals surface area contributed by atoms with Crippen LogP contribution >= 0.6 is 22.7 Å². The van der Waals surface area contributed by atoms with E-state index >= 15 is 0 Å². The van der Waals surface area contributed by atoms with E-state index in [9.17, 15) is 19.5 Å². The highest BCUT2D eigenvalue weighted by atomic mass is 32.1. The van der Waals surface area contributed by atoms with Crippen molar-refractivity contribution in [1.29, 1.82) is 0 Å². The largest absolute Gasteiger partial charge is 0.508 e. The average molecular weight is 486 g/mol. The fraction of sp³-hybridized carbons (Fsp3) is 0.304. The highest BCUT2D eigenvalue weighted by Crippen LogP contribution is 2.28. The van der Waals surface area contributed by atoms with Gasteiger partial charge < -0.3 is 20.5 Å². The van der Waals surface area contributed by atoms with Gasteiger partial charge in [0.2, 0.25) is 5.91 Å². The SMILES string of the molecule is CC1OCC(=O)C1(C)NC(=O)C(Cc1ccc(O)cc1)NC(=O)c1csc(-c2cccs2)n1. The van der Waals surface area contributed by atoms with Crippen LogP contribution in [0.1, 0.15) is 29.9 Å². The molecule has 3 heterocycles. The van der Waals surface area contributed by atoms with E-state index in [1.165, 1.54) is 34.8 Å². The van der Waals surface area contributed by atoms with Gasteiger partial charge in [-0.05, 0) is 43.0 Å². The summed E-state index contributed by atoms with van der Waals surface area (Å²) in [5, 5.41) is 19.4. The highest BCUT2D eigenvalue weighted by molar-refractivity contribution is 7.20. The Morgan fingerprint density at radius 1 is 1.27 bits per heavy atom. The molecule has 2 amide bonds. The maximum Gasteiger partial charge on any atom is 0.271 e. The number of nitrogens with zero attached hydrogens (tertiary/aromatic N) is 1. The lowest BCUT2D eigenvalue weighted by Gasteiger charge is -2.29. The molecule has 1 fully saturated rings. The summed E-state index contributed by atoms with van der Waals surface area (Å²) in [4.78, 5) is 43.9. The van der Waals surface area contributed by atoms with Crippen molar-refractivity contribution in [3.8, 4) is 15.6 Å². The Morgan fingerprint density at radius 2 is 2.03 bits per heavy atom. The second-order valence-corrected chi connectivity index (χ2v) is 9.79. The van der Waals surface area contributed by atoms with Crippen LogP contribution in [-0.4, -0.2) is 52.0 Å². The van der Waals surface area contributed by atoms with Crippen LogP contribution in [-0.2, 0) is 20.7 Å². The Bertz CT molecular complexity index is 1160. The first-order chi connectivity index (χ1) is 15.8. The molecule has 0 bridgehead atoms. The summed E-state index contributed by atoms with van der Waals surface area (Å²) >= 11 is 2.88. The number of aromatic nitrogens is 1. The molecular weight excluding hydrogens is 462 g/mol. The maximum atomic E-state index is 13.2. The Morgan fingerprint density at radius 3 is 2.67 bits per heavy atom. The predicted octanol–water partition coefficient (Wildman–Crippen LogP) is 2.78. The van der Waals surface area contributed by atoms with Crippen LogP contribution in [0.15, 0.2) is 47.2 Å². The number of thiazole rings is 1. The predicted molar refractivity (Wildman–Crippen MR) is 125 cm³/mol. The molecule has 3 atom stereocenters. The van der Waals surface area contributed by atoms with Gasteiger partial charge in [0.05, 0.1) is 11.0 Å². The zero-order chi connectivity index (χ0) is 23.6. The van der Waals surface area contributed by atoms with Crippen LogP contribution in [0.25, 0.3) is 9.88 Å². The topological polar surface area (TPSA) is 118 Å². The second kappa shape index (κ2) is 9.42. The number of Topliss-reactive ketones (excluding diaryl/α,β-unsaturated/α-hetero) is 1. The second-order valence-electron chi connectivity index (χ2n) is 7.98. The third-order valence-electron chi connectivity index (χ3n) is 5.71. The van der Waals surface area contributed by atoms with Gasteiger partial charge in [-0.15, -0.1) is 22.7 Å². The van der Waals surface area contributed by atoms with Gasteiger partial charge in [0.1, 0.15) is 34.6 Å². The van der Waals surface area contributed by atoms with Crippen LogP contribution in [0.2, 0.25) is 0 Å². The summed E-state index contributed by atoms with van der Waals surface area (Å²) in [6.45, 7) is 3.27. The van der Waals surface area contributed by atoms with Crippen LogP contribution in [0.5, 0.6) is 5.75 Å². The molecule has 2 aromatic heterocycles. The molecule has 0 spiro atoms. The van der Waals surface area contributed by atoms with Gasteiger partial charge in [-0.3, -0.25) is 14.4 Å². The van der Waals surface area contributed by atoms with Crippen molar-refractivity contribution >= 4 is 40.3 Å². The first-order valence-corrected chi connectivity index (χ1v) is 12.1. The van der Waals surface area contributed by atoms with Crippen molar-refractivity contribution in [3.63, 3.8) is 0 Å². The molecule has 1 aromatic carbocycles. The normalized spacial score (nSPS) is 21.0. The van der Waals surface area contributed by atoms with E-state index in [4.69, 9.17) is 4.74 Å². The monoisotopic (exact) mass is 485 g/mol. The number of ether oxygens (including phenoxy) is 1. The summed E-state index contributed by atoms with van der Waals surface area (Å²) in [6, 6.07) is 9.24. The van der Waals surface area contributed by atoms with Crippen molar-refractivity contribution in [2.24, 2.45) is 0 Å². The van der Waals surface area contributed by atoms with Gasteiger partial charge in [0.15, 0.2) is 5.78 Å². The Hall–Kier alpha value is -3.08. The van der Waals surface area contributed by atoms with E-state index in [0.717, 1.165) is 15.4 Å². The molecule has 10 heteroatoms. The highest BCUT2D eigenvalue weighted by Gasteiger charge is 2.47. The van der Waals surface area contributed by atoms with E-state index in [-0.39, 0.29) is 30.3 Å². The van der Waals surface area contributed by atoms with E-state index in [1.54, 1.807) is 31.4 Å². The van der Waals surface area contributed by atoms with Crippen molar-refractivity contribution in [2.45, 2.75) is 38.0 Å². The Balaban J connectivity index is 1.54. The van der Waals surface area contributed by atoms with Gasteiger partial charge >= 0.3 is 0 Å². The number of nitrogens with one attached hydrogen (secondary N) is 2. The number of hydrogen-bond donors (Lipinski definition) is 3. The first-order valence-electron chi connectivity index (χ1n) is 10.3. The number of aromatic hydroxyl groups is 1. The molecule has 3 unspecified atom stereocenters. The molecule has 0 saturated carbocycles. The molecule has 1 aliphatic rings. The molecule has 172 valence electrons. The van der Waals surface area contributed by atoms with Gasteiger partial charge in [-0.1, -0.05) is 18.2 Å². The average Bonchev–Trinajstić information content (AvgIpc) is 3.53. The number of ketones is 1. The first kappa shape index (κ1) is 23.1. The number of carbonyl (C=O) groups is 3.